The molecule has 0 aromatic carbocycles. The summed E-state index contributed by atoms with van der Waals surface area (Å²) in [6, 6.07) is 0. The fourth-order valence-corrected chi connectivity index (χ4v) is 3.02. The zero-order valence-corrected chi connectivity index (χ0v) is 11.9. The van der Waals surface area contributed by atoms with Gasteiger partial charge in [0.15, 0.2) is 0 Å². The zero-order valence-electron chi connectivity index (χ0n) is 11.9. The Morgan fingerprint density at radius 2 is 0.643 bits per heavy atom. The van der Waals surface area contributed by atoms with Crippen LogP contribution in [0.3, 0.4) is 0 Å². The third-order valence-electron chi connectivity index (χ3n) is 4.02. The van der Waals surface area contributed by atoms with Gasteiger partial charge in [-0.1, -0.05) is 0 Å². The van der Waals surface area contributed by atoms with E-state index in [2.05, 4.69) is 69.4 Å². The van der Waals surface area contributed by atoms with E-state index in [-0.39, 0.29) is 16.6 Å². The molecule has 1 heteroatoms. The molecule has 0 aliphatic carbocycles. The van der Waals surface area contributed by atoms with Gasteiger partial charge in [0.25, 0.3) is 0 Å². The first-order chi connectivity index (χ1) is 5.75. The van der Waals surface area contributed by atoms with Gasteiger partial charge in [-0.25, -0.2) is 0 Å². The lowest BCUT2D eigenvalue weighted by Gasteiger charge is -2.61. The Morgan fingerprint density at radius 3 is 0.643 bits per heavy atom. The topological polar surface area (TPSA) is 0 Å². The van der Waals surface area contributed by atoms with Gasteiger partial charge in [0.2, 0.25) is 0 Å². The van der Waals surface area contributed by atoms with Crippen molar-refractivity contribution in [1.82, 2.24) is 0 Å². The maximum absolute atomic E-state index is 2.38. The fourth-order valence-electron chi connectivity index (χ4n) is 3.02. The Morgan fingerprint density at radius 1 is 0.500 bits per heavy atom. The van der Waals surface area contributed by atoms with Crippen LogP contribution in [0.4, 0.5) is 0 Å². The van der Waals surface area contributed by atoms with Crippen LogP contribution in [0.25, 0.3) is 0 Å². The second kappa shape index (κ2) is 3.23. The van der Waals surface area contributed by atoms with Crippen molar-refractivity contribution in [3.8, 4) is 0 Å². The molecule has 86 valence electrons. The Balaban J connectivity index is 5.54. The first kappa shape index (κ1) is 14.0. The minimum Gasteiger partial charge on any atom is -0.314 e. The van der Waals surface area contributed by atoms with Crippen molar-refractivity contribution in [3.05, 3.63) is 0 Å². The molecule has 0 unspecified atom stereocenters. The fraction of sp³-hybridized carbons (Fsp3) is 1.00. The maximum atomic E-state index is 2.38. The van der Waals surface area contributed by atoms with Crippen molar-refractivity contribution in [3.63, 3.8) is 0 Å². The van der Waals surface area contributed by atoms with E-state index in [0.717, 1.165) is 4.48 Å². The van der Waals surface area contributed by atoms with Crippen molar-refractivity contribution in [2.24, 2.45) is 0 Å². The molecule has 14 heavy (non-hydrogen) atoms. The third kappa shape index (κ3) is 1.98. The molecular weight excluding hydrogens is 170 g/mol. The van der Waals surface area contributed by atoms with Gasteiger partial charge in [-0.05, 0) is 62.3 Å². The first-order valence-corrected chi connectivity index (χ1v) is 5.62. The van der Waals surface area contributed by atoms with Crippen LogP contribution in [0.1, 0.15) is 62.3 Å². The second-order valence-corrected chi connectivity index (χ2v) is 7.52. The summed E-state index contributed by atoms with van der Waals surface area (Å²) in [7, 11) is 2.38. The quantitative estimate of drug-likeness (QED) is 0.521. The van der Waals surface area contributed by atoms with Gasteiger partial charge >= 0.3 is 0 Å². The number of quaternary nitrogens is 1. The lowest BCUT2D eigenvalue weighted by atomic mass is 9.83. The molecule has 0 saturated carbocycles. The largest absolute Gasteiger partial charge is 0.314 e. The second-order valence-electron chi connectivity index (χ2n) is 7.52. The SMILES string of the molecule is CC(C)(C)[N+](C)(C(C)(C)C)C(C)(C)C. The van der Waals surface area contributed by atoms with Crippen molar-refractivity contribution in [2.75, 3.05) is 7.05 Å². The van der Waals surface area contributed by atoms with Gasteiger partial charge in [-0.3, -0.25) is 0 Å². The van der Waals surface area contributed by atoms with E-state index in [4.69, 9.17) is 0 Å². The summed E-state index contributed by atoms with van der Waals surface area (Å²) in [5.41, 5.74) is 0.781. The van der Waals surface area contributed by atoms with Gasteiger partial charge < -0.3 is 4.48 Å². The molecule has 0 aromatic rings. The van der Waals surface area contributed by atoms with E-state index in [1.165, 1.54) is 0 Å². The highest BCUT2D eigenvalue weighted by Crippen LogP contribution is 2.41. The Bertz CT molecular complexity index is 159. The van der Waals surface area contributed by atoms with Gasteiger partial charge in [0.1, 0.15) is 0 Å². The molecule has 0 aliphatic heterocycles. The standard InChI is InChI=1S/C13H30N/c1-11(2,3)14(10,12(4,5)6)13(7,8)9/h1-10H3/q+1. The lowest BCUT2D eigenvalue weighted by Crippen LogP contribution is -2.74. The highest BCUT2D eigenvalue weighted by atomic mass is 15.5. The molecule has 0 fully saturated rings. The van der Waals surface area contributed by atoms with Gasteiger partial charge in [0, 0.05) is 0 Å². The number of hydrogen-bond donors (Lipinski definition) is 0. The van der Waals surface area contributed by atoms with E-state index in [0.29, 0.717) is 0 Å². The van der Waals surface area contributed by atoms with E-state index in [9.17, 15) is 0 Å². The molecule has 0 heterocycles. The first-order valence-electron chi connectivity index (χ1n) is 5.62. The predicted molar refractivity (Wildman–Crippen MR) is 65.4 cm³/mol. The van der Waals surface area contributed by atoms with Crippen LogP contribution >= 0.6 is 0 Å². The Kier molecular flexibility index (Phi) is 3.22. The number of nitrogens with zero attached hydrogens (tertiary/aromatic N) is 1. The smallest absolute Gasteiger partial charge is 0.0912 e. The predicted octanol–water partition coefficient (Wildman–Crippen LogP) is 3.83. The van der Waals surface area contributed by atoms with Gasteiger partial charge in [0.05, 0.1) is 23.7 Å². The molecule has 0 aromatic heterocycles. The average Bonchev–Trinajstić information content (AvgIpc) is 1.77. The van der Waals surface area contributed by atoms with Gasteiger partial charge in [-0.15, -0.1) is 0 Å². The van der Waals surface area contributed by atoms with Crippen LogP contribution in [-0.2, 0) is 0 Å². The molecule has 0 aliphatic rings. The lowest BCUT2D eigenvalue weighted by molar-refractivity contribution is -1.03. The molecule has 0 atom stereocenters. The minimum atomic E-state index is 0.260. The summed E-state index contributed by atoms with van der Waals surface area (Å²) in [5, 5.41) is 0. The Hall–Kier alpha value is -0.0400. The minimum absolute atomic E-state index is 0.260. The molecule has 0 amide bonds. The monoisotopic (exact) mass is 200 g/mol. The molecule has 0 saturated heterocycles. The van der Waals surface area contributed by atoms with Crippen LogP contribution in [0.2, 0.25) is 0 Å². The molecule has 0 bridgehead atoms. The molecular formula is C13H30N+. The van der Waals surface area contributed by atoms with Crippen molar-refractivity contribution in [2.45, 2.75) is 78.9 Å². The van der Waals surface area contributed by atoms with E-state index < -0.39 is 0 Å². The van der Waals surface area contributed by atoms with E-state index >= 15 is 0 Å². The molecule has 0 spiro atoms. The van der Waals surface area contributed by atoms with Crippen LogP contribution in [0, 0.1) is 0 Å². The summed E-state index contributed by atoms with van der Waals surface area (Å²) in [4.78, 5) is 0. The highest BCUT2D eigenvalue weighted by Gasteiger charge is 2.52. The van der Waals surface area contributed by atoms with Crippen LogP contribution in [-0.4, -0.2) is 28.1 Å². The maximum Gasteiger partial charge on any atom is 0.0912 e. The molecule has 0 rings (SSSR count). The third-order valence-corrected chi connectivity index (χ3v) is 4.02. The summed E-state index contributed by atoms with van der Waals surface area (Å²) in [6.45, 7) is 21.0. The van der Waals surface area contributed by atoms with Crippen LogP contribution in [0.15, 0.2) is 0 Å². The van der Waals surface area contributed by atoms with E-state index in [1.807, 2.05) is 0 Å². The summed E-state index contributed by atoms with van der Waals surface area (Å²) in [5.74, 6) is 0. The molecule has 1 nitrogen and oxygen atoms in total. The van der Waals surface area contributed by atoms with Crippen molar-refractivity contribution >= 4 is 0 Å². The average molecular weight is 200 g/mol. The summed E-state index contributed by atoms with van der Waals surface area (Å²) >= 11 is 0. The zero-order chi connectivity index (χ0) is 12.0. The van der Waals surface area contributed by atoms with Crippen molar-refractivity contribution in [1.29, 1.82) is 0 Å². The summed E-state index contributed by atoms with van der Waals surface area (Å²) in [6.07, 6.45) is 0. The molecule has 0 N–H and O–H groups in total. The Labute approximate surface area is 91.1 Å². The number of rotatable bonds is 0. The normalized spacial score (nSPS) is 15.9. The van der Waals surface area contributed by atoms with Crippen LogP contribution in [0.5, 0.6) is 0 Å². The van der Waals surface area contributed by atoms with E-state index in [1.54, 1.807) is 0 Å². The van der Waals surface area contributed by atoms with Crippen molar-refractivity contribution < 1.29 is 4.48 Å². The van der Waals surface area contributed by atoms with Crippen LogP contribution < -0.4 is 0 Å². The number of hydrogen-bond acceptors (Lipinski definition) is 0. The highest BCUT2D eigenvalue weighted by molar-refractivity contribution is 4.80. The van der Waals surface area contributed by atoms with Gasteiger partial charge in [-0.2, -0.15) is 0 Å². The molecule has 0 radical (unpaired) electrons. The summed E-state index contributed by atoms with van der Waals surface area (Å²) < 4.78 is 1.06.